The Morgan fingerprint density at radius 3 is 1.66 bits per heavy atom. The molecule has 0 saturated carbocycles. The van der Waals surface area contributed by atoms with Crippen LogP contribution in [0.1, 0.15) is 0 Å². The normalized spacial score (nSPS) is 11.8. The van der Waals surface area contributed by atoms with Gasteiger partial charge in [-0.05, 0) is 34.0 Å². The Labute approximate surface area is 270 Å². The summed E-state index contributed by atoms with van der Waals surface area (Å²) in [5.74, 6) is 1.96. The molecule has 0 N–H and O–H groups in total. The molecule has 0 spiro atoms. The molecule has 4 heteroatoms. The number of hydrogen-bond acceptors (Lipinski definition) is 3. The predicted octanol–water partition coefficient (Wildman–Crippen LogP) is 10.8. The number of hydrogen-bond donors (Lipinski definition) is 0. The largest absolute Gasteiger partial charge is 0.308 e. The van der Waals surface area contributed by atoms with Gasteiger partial charge in [-0.2, -0.15) is 0 Å². The Kier molecular flexibility index (Phi) is 5.54. The molecule has 0 fully saturated rings. The SMILES string of the molecule is c1ccc(-c2nc(-c3ccccc3)nc(-c3c(-c4ccc5c6cccc7c8ccccc8n(c5c4)c76)ccc4ccccc34)n2)cc1. The molecule has 0 atom stereocenters. The Balaban J connectivity index is 1.28. The van der Waals surface area contributed by atoms with Crippen LogP contribution in [0.25, 0.3) is 94.2 Å². The highest BCUT2D eigenvalue weighted by molar-refractivity contribution is 6.23. The van der Waals surface area contributed by atoms with Crippen molar-refractivity contribution in [3.63, 3.8) is 0 Å². The van der Waals surface area contributed by atoms with E-state index in [9.17, 15) is 0 Å². The summed E-state index contributed by atoms with van der Waals surface area (Å²) in [7, 11) is 0. The number of nitrogens with zero attached hydrogens (tertiary/aromatic N) is 4. The second-order valence-electron chi connectivity index (χ2n) is 12.0. The summed E-state index contributed by atoms with van der Waals surface area (Å²) in [6.45, 7) is 0. The lowest BCUT2D eigenvalue weighted by atomic mass is 9.93. The number of para-hydroxylation sites is 2. The fourth-order valence-electron chi connectivity index (χ4n) is 7.27. The zero-order valence-corrected chi connectivity index (χ0v) is 25.3. The van der Waals surface area contributed by atoms with Crippen molar-refractivity contribution >= 4 is 48.9 Å². The van der Waals surface area contributed by atoms with Crippen LogP contribution in [-0.2, 0) is 0 Å². The molecule has 218 valence electrons. The second-order valence-corrected chi connectivity index (χ2v) is 12.0. The summed E-state index contributed by atoms with van der Waals surface area (Å²) in [5.41, 5.74) is 8.80. The second kappa shape index (κ2) is 10.1. The summed E-state index contributed by atoms with van der Waals surface area (Å²) < 4.78 is 2.43. The molecule has 0 unspecified atom stereocenters. The number of fused-ring (bicyclic) bond motifs is 7. The first-order chi connectivity index (χ1) is 23.3. The van der Waals surface area contributed by atoms with Crippen molar-refractivity contribution in [1.29, 1.82) is 0 Å². The summed E-state index contributed by atoms with van der Waals surface area (Å²) in [5, 5.41) is 7.33. The van der Waals surface area contributed by atoms with Crippen LogP contribution in [0.2, 0.25) is 0 Å². The van der Waals surface area contributed by atoms with Crippen LogP contribution >= 0.6 is 0 Å². The Hall–Kier alpha value is -6.39. The lowest BCUT2D eigenvalue weighted by Crippen LogP contribution is -2.01. The van der Waals surface area contributed by atoms with Gasteiger partial charge in [-0.3, -0.25) is 0 Å². The average molecular weight is 599 g/mol. The molecule has 0 aliphatic rings. The standard InChI is InChI=1S/C43H26N4/c1-3-13-28(14-4-1)41-44-42(29-15-5-2-6-16-29)46-43(45-41)39-31-17-8-7-12-27(31)22-24-32(39)30-23-25-34-36-20-11-19-35-33-18-9-10-21-37(33)47(40(35)36)38(34)26-30/h1-26H. The van der Waals surface area contributed by atoms with Gasteiger partial charge in [0, 0.05) is 38.2 Å². The molecular weight excluding hydrogens is 573 g/mol. The molecule has 3 aromatic heterocycles. The first-order valence-corrected chi connectivity index (χ1v) is 15.9. The number of rotatable bonds is 4. The molecule has 0 amide bonds. The van der Waals surface area contributed by atoms with Crippen LogP contribution in [0.4, 0.5) is 0 Å². The lowest BCUT2D eigenvalue weighted by molar-refractivity contribution is 1.08. The van der Waals surface area contributed by atoms with E-state index in [1.165, 1.54) is 38.1 Å². The van der Waals surface area contributed by atoms with E-state index < -0.39 is 0 Å². The molecular formula is C43H26N4. The summed E-state index contributed by atoms with van der Waals surface area (Å²) in [6, 6.07) is 55.5. The zero-order chi connectivity index (χ0) is 30.9. The molecule has 10 aromatic rings. The Morgan fingerprint density at radius 2 is 0.936 bits per heavy atom. The van der Waals surface area contributed by atoms with E-state index in [2.05, 4.69) is 126 Å². The molecule has 0 aliphatic heterocycles. The van der Waals surface area contributed by atoms with Gasteiger partial charge in [0.25, 0.3) is 0 Å². The van der Waals surface area contributed by atoms with Gasteiger partial charge in [0.1, 0.15) is 0 Å². The Bertz CT molecular complexity index is 2720. The van der Waals surface area contributed by atoms with Crippen molar-refractivity contribution < 1.29 is 0 Å². The van der Waals surface area contributed by atoms with Crippen LogP contribution in [0.15, 0.2) is 158 Å². The van der Waals surface area contributed by atoms with Gasteiger partial charge in [-0.15, -0.1) is 0 Å². The predicted molar refractivity (Wildman–Crippen MR) is 194 cm³/mol. The van der Waals surface area contributed by atoms with Gasteiger partial charge in [-0.1, -0.05) is 146 Å². The Morgan fingerprint density at radius 1 is 0.362 bits per heavy atom. The van der Waals surface area contributed by atoms with Gasteiger partial charge in [0.05, 0.1) is 16.6 Å². The van der Waals surface area contributed by atoms with Gasteiger partial charge < -0.3 is 4.40 Å². The molecule has 3 heterocycles. The van der Waals surface area contributed by atoms with Crippen molar-refractivity contribution in [2.45, 2.75) is 0 Å². The third-order valence-electron chi connectivity index (χ3n) is 9.39. The maximum Gasteiger partial charge on any atom is 0.165 e. The summed E-state index contributed by atoms with van der Waals surface area (Å²) in [6.07, 6.45) is 0. The van der Waals surface area contributed by atoms with E-state index in [0.29, 0.717) is 17.5 Å². The van der Waals surface area contributed by atoms with Crippen LogP contribution < -0.4 is 0 Å². The third kappa shape index (κ3) is 3.92. The number of aromatic nitrogens is 4. The van der Waals surface area contributed by atoms with Gasteiger partial charge >= 0.3 is 0 Å². The van der Waals surface area contributed by atoms with E-state index in [0.717, 1.165) is 38.6 Å². The van der Waals surface area contributed by atoms with Gasteiger partial charge in [0.15, 0.2) is 17.5 Å². The quantitative estimate of drug-likeness (QED) is 0.202. The first-order valence-electron chi connectivity index (χ1n) is 15.9. The molecule has 10 rings (SSSR count). The maximum atomic E-state index is 5.18. The monoisotopic (exact) mass is 598 g/mol. The molecule has 7 aromatic carbocycles. The van der Waals surface area contributed by atoms with E-state index >= 15 is 0 Å². The topological polar surface area (TPSA) is 43.1 Å². The van der Waals surface area contributed by atoms with Crippen LogP contribution in [0.5, 0.6) is 0 Å². The minimum Gasteiger partial charge on any atom is -0.308 e. The van der Waals surface area contributed by atoms with Crippen molar-refractivity contribution in [3.8, 4) is 45.3 Å². The highest BCUT2D eigenvalue weighted by Gasteiger charge is 2.21. The lowest BCUT2D eigenvalue weighted by Gasteiger charge is -2.15. The van der Waals surface area contributed by atoms with Crippen molar-refractivity contribution in [2.75, 3.05) is 0 Å². The summed E-state index contributed by atoms with van der Waals surface area (Å²) >= 11 is 0. The van der Waals surface area contributed by atoms with E-state index in [1.807, 2.05) is 36.4 Å². The molecule has 47 heavy (non-hydrogen) atoms. The molecule has 4 nitrogen and oxygen atoms in total. The smallest absolute Gasteiger partial charge is 0.165 e. The summed E-state index contributed by atoms with van der Waals surface area (Å²) in [4.78, 5) is 15.3. The number of benzene rings is 7. The minimum atomic E-state index is 0.652. The molecule has 0 aliphatic carbocycles. The van der Waals surface area contributed by atoms with Gasteiger partial charge in [-0.25, -0.2) is 15.0 Å². The highest BCUT2D eigenvalue weighted by atomic mass is 15.0. The first kappa shape index (κ1) is 25.9. The maximum absolute atomic E-state index is 5.18. The van der Waals surface area contributed by atoms with Crippen LogP contribution in [0.3, 0.4) is 0 Å². The van der Waals surface area contributed by atoms with E-state index in [-0.39, 0.29) is 0 Å². The van der Waals surface area contributed by atoms with E-state index in [1.54, 1.807) is 0 Å². The van der Waals surface area contributed by atoms with E-state index in [4.69, 9.17) is 15.0 Å². The minimum absolute atomic E-state index is 0.652. The third-order valence-corrected chi connectivity index (χ3v) is 9.39. The van der Waals surface area contributed by atoms with Crippen molar-refractivity contribution in [1.82, 2.24) is 19.4 Å². The average Bonchev–Trinajstić information content (AvgIpc) is 3.67. The van der Waals surface area contributed by atoms with Crippen molar-refractivity contribution in [3.05, 3.63) is 158 Å². The molecule has 0 bridgehead atoms. The fourth-order valence-corrected chi connectivity index (χ4v) is 7.27. The highest BCUT2D eigenvalue weighted by Crippen LogP contribution is 2.42. The zero-order valence-electron chi connectivity index (χ0n) is 25.3. The molecule has 0 radical (unpaired) electrons. The van der Waals surface area contributed by atoms with Gasteiger partial charge in [0.2, 0.25) is 0 Å². The van der Waals surface area contributed by atoms with Crippen LogP contribution in [0, 0.1) is 0 Å². The molecule has 0 saturated heterocycles. The van der Waals surface area contributed by atoms with Crippen LogP contribution in [-0.4, -0.2) is 19.4 Å². The fraction of sp³-hybridized carbons (Fsp3) is 0. The van der Waals surface area contributed by atoms with Crippen molar-refractivity contribution in [2.24, 2.45) is 0 Å².